The summed E-state index contributed by atoms with van der Waals surface area (Å²) in [6, 6.07) is 9.73. The maximum absolute atomic E-state index is 12.2. The Morgan fingerprint density at radius 1 is 1.04 bits per heavy atom. The zero-order chi connectivity index (χ0) is 17.7. The normalized spacial score (nSPS) is 10.0. The first-order chi connectivity index (χ1) is 11.5. The second-order valence-corrected chi connectivity index (χ2v) is 5.84. The summed E-state index contributed by atoms with van der Waals surface area (Å²) in [5.74, 6) is -0.360. The van der Waals surface area contributed by atoms with E-state index in [1.807, 2.05) is 0 Å². The first-order valence-electron chi connectivity index (χ1n) is 6.74. The Labute approximate surface area is 152 Å². The topological polar surface area (TPSA) is 76.7 Å². The maximum Gasteiger partial charge on any atom is 0.270 e. The summed E-state index contributed by atoms with van der Waals surface area (Å²) in [7, 11) is 2.88. The molecular formula is C16H14BrClN2O4. The zero-order valence-corrected chi connectivity index (χ0v) is 15.2. The van der Waals surface area contributed by atoms with E-state index in [-0.39, 0.29) is 10.6 Å². The molecule has 0 aliphatic carbocycles. The molecule has 2 amide bonds. The summed E-state index contributed by atoms with van der Waals surface area (Å²) in [6.07, 6.45) is 0. The van der Waals surface area contributed by atoms with Crippen LogP contribution in [0.4, 0.5) is 0 Å². The van der Waals surface area contributed by atoms with Gasteiger partial charge in [-0.05, 0) is 40.2 Å². The molecule has 0 aromatic heterocycles. The van der Waals surface area contributed by atoms with Gasteiger partial charge in [-0.2, -0.15) is 0 Å². The van der Waals surface area contributed by atoms with E-state index in [2.05, 4.69) is 26.8 Å². The third kappa shape index (κ3) is 3.98. The Morgan fingerprint density at radius 3 is 2.33 bits per heavy atom. The van der Waals surface area contributed by atoms with Crippen molar-refractivity contribution in [3.63, 3.8) is 0 Å². The lowest BCUT2D eigenvalue weighted by molar-refractivity contribution is 0.0846. The molecule has 0 bridgehead atoms. The standard InChI is InChI=1S/C16H14BrClN2O4/c1-23-13-8-9(7-12(18)14(13)24-2)15(21)19-20-16(22)10-5-3-4-6-11(10)17/h3-8H,1-2H3,(H,19,21)(H,20,22). The summed E-state index contributed by atoms with van der Waals surface area (Å²) in [5, 5.41) is 0.221. The monoisotopic (exact) mass is 412 g/mol. The number of benzene rings is 2. The molecule has 0 saturated carbocycles. The number of halogens is 2. The van der Waals surface area contributed by atoms with Gasteiger partial charge in [0.1, 0.15) is 0 Å². The molecule has 126 valence electrons. The molecular weight excluding hydrogens is 400 g/mol. The minimum Gasteiger partial charge on any atom is -0.493 e. The van der Waals surface area contributed by atoms with E-state index in [0.29, 0.717) is 21.5 Å². The number of methoxy groups -OCH3 is 2. The number of hydrogen-bond acceptors (Lipinski definition) is 4. The highest BCUT2D eigenvalue weighted by molar-refractivity contribution is 9.10. The number of carbonyl (C=O) groups is 2. The maximum atomic E-state index is 12.2. The van der Waals surface area contributed by atoms with Gasteiger partial charge in [0.25, 0.3) is 11.8 Å². The Morgan fingerprint density at radius 2 is 1.71 bits per heavy atom. The van der Waals surface area contributed by atoms with Crippen LogP contribution < -0.4 is 20.3 Å². The van der Waals surface area contributed by atoms with Crippen molar-refractivity contribution in [3.05, 3.63) is 57.0 Å². The molecule has 2 N–H and O–H groups in total. The zero-order valence-electron chi connectivity index (χ0n) is 12.9. The van der Waals surface area contributed by atoms with Crippen LogP contribution >= 0.6 is 27.5 Å². The SMILES string of the molecule is COc1cc(C(=O)NNC(=O)c2ccccc2Br)cc(Cl)c1OC. The Hall–Kier alpha value is -2.25. The van der Waals surface area contributed by atoms with Crippen molar-refractivity contribution in [2.24, 2.45) is 0 Å². The Bertz CT molecular complexity index is 783. The van der Waals surface area contributed by atoms with E-state index in [9.17, 15) is 9.59 Å². The fourth-order valence-corrected chi connectivity index (χ4v) is 2.70. The molecule has 0 heterocycles. The lowest BCUT2D eigenvalue weighted by Gasteiger charge is -2.12. The average molecular weight is 414 g/mol. The molecule has 0 spiro atoms. The van der Waals surface area contributed by atoms with Crippen LogP contribution in [0.2, 0.25) is 5.02 Å². The van der Waals surface area contributed by atoms with Gasteiger partial charge in [0.2, 0.25) is 0 Å². The number of hydrazine groups is 1. The highest BCUT2D eigenvalue weighted by Crippen LogP contribution is 2.35. The van der Waals surface area contributed by atoms with Gasteiger partial charge < -0.3 is 9.47 Å². The first-order valence-corrected chi connectivity index (χ1v) is 7.91. The van der Waals surface area contributed by atoms with Gasteiger partial charge in [0.15, 0.2) is 11.5 Å². The van der Waals surface area contributed by atoms with Crippen molar-refractivity contribution in [3.8, 4) is 11.5 Å². The molecule has 0 saturated heterocycles. The first kappa shape index (κ1) is 18.1. The third-order valence-electron chi connectivity index (χ3n) is 3.10. The second kappa shape index (κ2) is 8.03. The van der Waals surface area contributed by atoms with E-state index < -0.39 is 11.8 Å². The summed E-state index contributed by atoms with van der Waals surface area (Å²) in [6.45, 7) is 0. The van der Waals surface area contributed by atoms with E-state index in [4.69, 9.17) is 21.1 Å². The van der Waals surface area contributed by atoms with Gasteiger partial charge in [-0.25, -0.2) is 0 Å². The molecule has 0 radical (unpaired) electrons. The highest BCUT2D eigenvalue weighted by Gasteiger charge is 2.16. The van der Waals surface area contributed by atoms with Crippen molar-refractivity contribution < 1.29 is 19.1 Å². The number of ether oxygens (including phenoxy) is 2. The van der Waals surface area contributed by atoms with Crippen LogP contribution in [0.15, 0.2) is 40.9 Å². The molecule has 8 heteroatoms. The van der Waals surface area contributed by atoms with Crippen LogP contribution in [-0.2, 0) is 0 Å². The molecule has 2 aromatic rings. The van der Waals surface area contributed by atoms with E-state index in [1.165, 1.54) is 26.4 Å². The Kier molecular flexibility index (Phi) is 6.05. The number of nitrogens with one attached hydrogen (secondary N) is 2. The van der Waals surface area contributed by atoms with Crippen molar-refractivity contribution in [2.75, 3.05) is 14.2 Å². The molecule has 0 atom stereocenters. The van der Waals surface area contributed by atoms with Gasteiger partial charge >= 0.3 is 0 Å². The van der Waals surface area contributed by atoms with Crippen LogP contribution in [0, 0.1) is 0 Å². The van der Waals surface area contributed by atoms with Gasteiger partial charge in [-0.15, -0.1) is 0 Å². The van der Waals surface area contributed by atoms with Gasteiger partial charge in [0, 0.05) is 10.0 Å². The van der Waals surface area contributed by atoms with Crippen LogP contribution in [0.25, 0.3) is 0 Å². The van der Waals surface area contributed by atoms with Crippen LogP contribution in [0.3, 0.4) is 0 Å². The van der Waals surface area contributed by atoms with E-state index in [1.54, 1.807) is 24.3 Å². The van der Waals surface area contributed by atoms with Gasteiger partial charge in [0.05, 0.1) is 24.8 Å². The molecule has 2 rings (SSSR count). The van der Waals surface area contributed by atoms with Crippen LogP contribution in [0.5, 0.6) is 11.5 Å². The quantitative estimate of drug-likeness (QED) is 0.755. The highest BCUT2D eigenvalue weighted by atomic mass is 79.9. The molecule has 24 heavy (non-hydrogen) atoms. The van der Waals surface area contributed by atoms with Crippen LogP contribution in [0.1, 0.15) is 20.7 Å². The molecule has 2 aromatic carbocycles. The second-order valence-electron chi connectivity index (χ2n) is 4.58. The fourth-order valence-electron chi connectivity index (χ4n) is 1.95. The van der Waals surface area contributed by atoms with Crippen molar-refractivity contribution in [1.29, 1.82) is 0 Å². The van der Waals surface area contributed by atoms with Gasteiger partial charge in [-0.3, -0.25) is 20.4 Å². The fraction of sp³-hybridized carbons (Fsp3) is 0.125. The number of hydrogen-bond donors (Lipinski definition) is 2. The van der Waals surface area contributed by atoms with Gasteiger partial charge in [-0.1, -0.05) is 23.7 Å². The minimum atomic E-state index is -0.543. The Balaban J connectivity index is 2.12. The molecule has 0 unspecified atom stereocenters. The summed E-state index contributed by atoms with van der Waals surface area (Å²) < 4.78 is 10.9. The molecule has 6 nitrogen and oxygen atoms in total. The predicted molar refractivity (Wildman–Crippen MR) is 93.6 cm³/mol. The van der Waals surface area contributed by atoms with Crippen molar-refractivity contribution in [1.82, 2.24) is 10.9 Å². The van der Waals surface area contributed by atoms with E-state index >= 15 is 0 Å². The largest absolute Gasteiger partial charge is 0.493 e. The summed E-state index contributed by atoms with van der Waals surface area (Å²) in [4.78, 5) is 24.3. The average Bonchev–Trinajstić information content (AvgIpc) is 2.58. The summed E-state index contributed by atoms with van der Waals surface area (Å²) >= 11 is 9.33. The van der Waals surface area contributed by atoms with E-state index in [0.717, 1.165) is 0 Å². The van der Waals surface area contributed by atoms with Crippen molar-refractivity contribution in [2.45, 2.75) is 0 Å². The molecule has 0 fully saturated rings. The summed E-state index contributed by atoms with van der Waals surface area (Å²) in [5.41, 5.74) is 5.27. The lowest BCUT2D eigenvalue weighted by Crippen LogP contribution is -2.41. The number of rotatable bonds is 4. The minimum absolute atomic E-state index is 0.213. The number of carbonyl (C=O) groups excluding carboxylic acids is 2. The lowest BCUT2D eigenvalue weighted by atomic mass is 10.2. The predicted octanol–water partition coefficient (Wildman–Crippen LogP) is 3.19. The molecule has 0 aliphatic rings. The molecule has 0 aliphatic heterocycles. The van der Waals surface area contributed by atoms with Crippen molar-refractivity contribution >= 4 is 39.3 Å². The smallest absolute Gasteiger partial charge is 0.270 e. The number of amides is 2. The van der Waals surface area contributed by atoms with Crippen LogP contribution in [-0.4, -0.2) is 26.0 Å². The third-order valence-corrected chi connectivity index (χ3v) is 4.08.